The minimum atomic E-state index is -0.290. The van der Waals surface area contributed by atoms with Gasteiger partial charge < -0.3 is 14.2 Å². The van der Waals surface area contributed by atoms with Gasteiger partial charge in [-0.05, 0) is 56.2 Å². The molecule has 0 spiro atoms. The molecule has 0 aliphatic carbocycles. The van der Waals surface area contributed by atoms with Gasteiger partial charge in [0, 0.05) is 6.07 Å². The van der Waals surface area contributed by atoms with Gasteiger partial charge in [-0.25, -0.2) is 4.90 Å². The van der Waals surface area contributed by atoms with Gasteiger partial charge in [-0.1, -0.05) is 17.3 Å². The summed E-state index contributed by atoms with van der Waals surface area (Å²) in [7, 11) is 1.68. The summed E-state index contributed by atoms with van der Waals surface area (Å²) in [5.74, 6) is 2.14. The number of carbonyl (C=O) groups is 2. The number of likely N-dealkylation sites (tertiary alicyclic amines) is 1. The Hall–Kier alpha value is -2.67. The molecule has 2 fully saturated rings. The average molecular weight is 398 g/mol. The van der Waals surface area contributed by atoms with Gasteiger partial charge in [0.2, 0.25) is 5.91 Å². The second-order valence-electron chi connectivity index (χ2n) is 8.11. The molecule has 0 unspecified atom stereocenters. The van der Waals surface area contributed by atoms with Gasteiger partial charge in [0.05, 0.1) is 26.6 Å². The van der Waals surface area contributed by atoms with Crippen molar-refractivity contribution in [1.82, 2.24) is 5.16 Å². The number of quaternary nitrogens is 1. The van der Waals surface area contributed by atoms with Crippen molar-refractivity contribution in [1.29, 1.82) is 0 Å². The summed E-state index contributed by atoms with van der Waals surface area (Å²) in [5, 5.41) is 3.85. The van der Waals surface area contributed by atoms with Gasteiger partial charge in [0.1, 0.15) is 11.5 Å². The molecule has 1 atom stereocenters. The topological polar surface area (TPSA) is 77.1 Å². The Morgan fingerprint density at radius 1 is 1.21 bits per heavy atom. The average Bonchev–Trinajstić information content (AvgIpc) is 3.29. The summed E-state index contributed by atoms with van der Waals surface area (Å²) in [4.78, 5) is 27.7. The third-order valence-electron chi connectivity index (χ3n) is 6.23. The quantitative estimate of drug-likeness (QED) is 0.747. The lowest BCUT2D eigenvalue weighted by Gasteiger charge is -2.32. The number of hydrogen-bond donors (Lipinski definition) is 1. The van der Waals surface area contributed by atoms with Crippen LogP contribution in [0.15, 0.2) is 34.9 Å². The molecule has 29 heavy (non-hydrogen) atoms. The Morgan fingerprint density at radius 2 is 1.93 bits per heavy atom. The molecule has 1 N–H and O–H groups in total. The molecule has 3 heterocycles. The first kappa shape index (κ1) is 19.6. The fourth-order valence-corrected chi connectivity index (χ4v) is 4.50. The Labute approximate surface area is 170 Å². The van der Waals surface area contributed by atoms with E-state index in [4.69, 9.17) is 9.26 Å². The third-order valence-corrected chi connectivity index (χ3v) is 6.23. The van der Waals surface area contributed by atoms with Gasteiger partial charge in [0.25, 0.3) is 5.91 Å². The lowest BCUT2D eigenvalue weighted by atomic mass is 9.90. The van der Waals surface area contributed by atoms with Gasteiger partial charge >= 0.3 is 0 Å². The lowest BCUT2D eigenvalue weighted by molar-refractivity contribution is -0.920. The molecule has 2 aliphatic heterocycles. The fourth-order valence-electron chi connectivity index (χ4n) is 4.50. The third kappa shape index (κ3) is 4.19. The van der Waals surface area contributed by atoms with Crippen molar-refractivity contribution < 1.29 is 23.7 Å². The Kier molecular flexibility index (Phi) is 5.67. The maximum Gasteiger partial charge on any atom is 0.293 e. The summed E-state index contributed by atoms with van der Waals surface area (Å²) in [5.41, 5.74) is 1.33. The maximum atomic E-state index is 12.9. The summed E-state index contributed by atoms with van der Waals surface area (Å²) in [6.45, 7) is 3.62. The van der Waals surface area contributed by atoms with Gasteiger partial charge in [0.15, 0.2) is 11.9 Å². The van der Waals surface area contributed by atoms with Gasteiger partial charge in [-0.3, -0.25) is 9.59 Å². The van der Waals surface area contributed by atoms with Crippen LogP contribution in [0.1, 0.15) is 37.0 Å². The van der Waals surface area contributed by atoms with Crippen LogP contribution in [0.3, 0.4) is 0 Å². The van der Waals surface area contributed by atoms with Gasteiger partial charge in [-0.2, -0.15) is 0 Å². The fraction of sp³-hybridized carbons (Fsp3) is 0.500. The number of nitrogens with one attached hydrogen (secondary N) is 1. The number of ether oxygens (including phenoxy) is 1. The van der Waals surface area contributed by atoms with Crippen LogP contribution in [0.5, 0.6) is 5.75 Å². The van der Waals surface area contributed by atoms with Crippen molar-refractivity contribution in [3.8, 4) is 5.75 Å². The van der Waals surface area contributed by atoms with Crippen molar-refractivity contribution in [2.45, 2.75) is 45.1 Å². The maximum absolute atomic E-state index is 12.9. The van der Waals surface area contributed by atoms with E-state index in [9.17, 15) is 9.59 Å². The zero-order chi connectivity index (χ0) is 20.4. The number of anilines is 1. The van der Waals surface area contributed by atoms with E-state index in [1.54, 1.807) is 20.1 Å². The Bertz CT molecular complexity index is 868. The van der Waals surface area contributed by atoms with Crippen molar-refractivity contribution in [3.05, 3.63) is 41.7 Å². The molecular weight excluding hydrogens is 370 g/mol. The summed E-state index contributed by atoms with van der Waals surface area (Å²) >= 11 is 0. The molecule has 2 aliphatic rings. The number of nitrogens with zero attached hydrogens (tertiary/aromatic N) is 2. The first-order valence-corrected chi connectivity index (χ1v) is 10.3. The predicted octanol–water partition coefficient (Wildman–Crippen LogP) is 1.55. The van der Waals surface area contributed by atoms with Crippen molar-refractivity contribution in [2.24, 2.45) is 5.92 Å². The van der Waals surface area contributed by atoms with E-state index in [-0.39, 0.29) is 24.3 Å². The smallest absolute Gasteiger partial charge is 0.293 e. The van der Waals surface area contributed by atoms with Crippen LogP contribution in [0.2, 0.25) is 0 Å². The number of aryl methyl sites for hydroxylation is 2. The van der Waals surface area contributed by atoms with Crippen molar-refractivity contribution >= 4 is 17.6 Å². The van der Waals surface area contributed by atoms with E-state index in [1.165, 1.54) is 15.4 Å². The van der Waals surface area contributed by atoms with Crippen LogP contribution >= 0.6 is 0 Å². The highest BCUT2D eigenvalue weighted by Crippen LogP contribution is 2.23. The van der Waals surface area contributed by atoms with E-state index in [2.05, 4.69) is 17.3 Å². The van der Waals surface area contributed by atoms with Crippen LogP contribution in [0.4, 0.5) is 5.82 Å². The minimum absolute atomic E-state index is 0.144. The zero-order valence-electron chi connectivity index (χ0n) is 17.0. The number of rotatable bonds is 6. The number of imide groups is 1. The number of carbonyl (C=O) groups excluding carboxylic acids is 2. The summed E-state index contributed by atoms with van der Waals surface area (Å²) in [6, 6.07) is 9.62. The normalized spacial score (nSPS) is 24.9. The highest BCUT2D eigenvalue weighted by atomic mass is 16.5. The molecule has 1 aromatic heterocycles. The Morgan fingerprint density at radius 3 is 2.55 bits per heavy atom. The molecule has 2 amide bonds. The first-order valence-electron chi connectivity index (χ1n) is 10.3. The number of hydrogen-bond acceptors (Lipinski definition) is 5. The summed E-state index contributed by atoms with van der Waals surface area (Å²) in [6.07, 6.45) is 4.65. The molecule has 4 rings (SSSR count). The molecule has 7 heteroatoms. The zero-order valence-corrected chi connectivity index (χ0v) is 17.0. The number of aromatic nitrogens is 1. The second-order valence-corrected chi connectivity index (χ2v) is 8.11. The molecule has 0 bridgehead atoms. The molecule has 0 saturated carbocycles. The number of benzene rings is 1. The number of methoxy groups -OCH3 is 1. The second kappa shape index (κ2) is 8.37. The number of amides is 2. The highest BCUT2D eigenvalue weighted by molar-refractivity contribution is 6.21. The van der Waals surface area contributed by atoms with E-state index >= 15 is 0 Å². The van der Waals surface area contributed by atoms with E-state index < -0.39 is 0 Å². The molecular formula is C22H28N3O4+. The largest absolute Gasteiger partial charge is 0.497 e. The van der Waals surface area contributed by atoms with Crippen LogP contribution in [0.25, 0.3) is 0 Å². The van der Waals surface area contributed by atoms with Crippen LogP contribution < -0.4 is 14.5 Å². The molecule has 1 aromatic carbocycles. The summed E-state index contributed by atoms with van der Waals surface area (Å²) < 4.78 is 10.2. The SMILES string of the molecule is COc1ccc(CCC2CC[NH+]([C@H]3CC(=O)N(c4cc(C)on4)C3=O)CC2)cc1. The molecule has 2 saturated heterocycles. The lowest BCUT2D eigenvalue weighted by Crippen LogP contribution is -3.17. The molecule has 0 radical (unpaired) electrons. The van der Waals surface area contributed by atoms with E-state index in [1.807, 2.05) is 12.1 Å². The van der Waals surface area contributed by atoms with E-state index in [0.29, 0.717) is 17.5 Å². The van der Waals surface area contributed by atoms with Gasteiger partial charge in [-0.15, -0.1) is 0 Å². The highest BCUT2D eigenvalue weighted by Gasteiger charge is 2.47. The standard InChI is InChI=1S/C22H27N3O4/c1-15-13-20(23-29-15)25-21(26)14-19(22(25)27)24-11-9-17(10-12-24)4-3-16-5-7-18(28-2)8-6-16/h5-8,13,17,19H,3-4,9-12,14H2,1-2H3/p+1/t19-/m0/s1. The predicted molar refractivity (Wildman–Crippen MR) is 107 cm³/mol. The molecule has 154 valence electrons. The minimum Gasteiger partial charge on any atom is -0.497 e. The number of piperidine rings is 1. The van der Waals surface area contributed by atoms with E-state index in [0.717, 1.165) is 44.5 Å². The van der Waals surface area contributed by atoms with Crippen molar-refractivity contribution in [3.63, 3.8) is 0 Å². The van der Waals surface area contributed by atoms with Crippen LogP contribution in [0, 0.1) is 12.8 Å². The first-order chi connectivity index (χ1) is 14.0. The molecule has 2 aromatic rings. The van der Waals surface area contributed by atoms with Crippen molar-refractivity contribution in [2.75, 3.05) is 25.1 Å². The van der Waals surface area contributed by atoms with Crippen LogP contribution in [-0.4, -0.2) is 43.2 Å². The monoisotopic (exact) mass is 398 g/mol. The molecule has 7 nitrogen and oxygen atoms in total. The Balaban J connectivity index is 1.29. The van der Waals surface area contributed by atoms with Crippen LogP contribution in [-0.2, 0) is 16.0 Å².